The molecule has 4 unspecified atom stereocenters. The van der Waals surface area contributed by atoms with E-state index in [2.05, 4.69) is 30.6 Å². The molecular formula is C21H20O2. The third kappa shape index (κ3) is 3.71. The van der Waals surface area contributed by atoms with Gasteiger partial charge >= 0.3 is 0 Å². The van der Waals surface area contributed by atoms with Gasteiger partial charge in [-0.05, 0) is 23.6 Å². The van der Waals surface area contributed by atoms with Crippen LogP contribution in [0.25, 0.3) is 0 Å². The number of aliphatic hydroxyl groups excluding tert-OH is 1. The Kier molecular flexibility index (Phi) is 4.92. The van der Waals surface area contributed by atoms with Crippen molar-refractivity contribution in [1.29, 1.82) is 0 Å². The van der Waals surface area contributed by atoms with Gasteiger partial charge in [-0.3, -0.25) is 0 Å². The molecule has 1 saturated heterocycles. The average Bonchev–Trinajstić information content (AvgIpc) is 2.61. The van der Waals surface area contributed by atoms with Crippen LogP contribution in [-0.2, 0) is 4.74 Å². The molecule has 2 heteroatoms. The molecular weight excluding hydrogens is 284 g/mol. The van der Waals surface area contributed by atoms with E-state index in [4.69, 9.17) is 4.74 Å². The number of hydrogen-bond acceptors (Lipinski definition) is 2. The summed E-state index contributed by atoms with van der Waals surface area (Å²) in [5.41, 5.74) is 2.13. The largest absolute Gasteiger partial charge is 0.368 e. The Morgan fingerprint density at radius 2 is 1.70 bits per heavy atom. The van der Waals surface area contributed by atoms with Crippen LogP contribution in [0.15, 0.2) is 73.3 Å². The van der Waals surface area contributed by atoms with Crippen LogP contribution in [0.4, 0.5) is 0 Å². The van der Waals surface area contributed by atoms with Crippen molar-refractivity contribution in [1.82, 2.24) is 0 Å². The minimum Gasteiger partial charge on any atom is -0.368 e. The van der Waals surface area contributed by atoms with Gasteiger partial charge < -0.3 is 9.84 Å². The first-order chi connectivity index (χ1) is 11.3. The highest BCUT2D eigenvalue weighted by Gasteiger charge is 2.36. The Labute approximate surface area is 137 Å². The van der Waals surface area contributed by atoms with Gasteiger partial charge in [-0.1, -0.05) is 66.4 Å². The summed E-state index contributed by atoms with van der Waals surface area (Å²) in [5, 5.41) is 10.1. The van der Waals surface area contributed by atoms with Gasteiger partial charge in [0.05, 0.1) is 0 Å². The fourth-order valence-corrected chi connectivity index (χ4v) is 3.05. The predicted molar refractivity (Wildman–Crippen MR) is 91.7 cm³/mol. The van der Waals surface area contributed by atoms with Crippen LogP contribution in [0.2, 0.25) is 0 Å². The number of benzene rings is 2. The monoisotopic (exact) mass is 304 g/mol. The first-order valence-electron chi connectivity index (χ1n) is 7.85. The lowest BCUT2D eigenvalue weighted by Crippen LogP contribution is -2.38. The second-order valence-electron chi connectivity index (χ2n) is 5.71. The van der Waals surface area contributed by atoms with E-state index in [1.165, 1.54) is 5.56 Å². The van der Waals surface area contributed by atoms with Crippen molar-refractivity contribution in [2.45, 2.75) is 24.7 Å². The summed E-state index contributed by atoms with van der Waals surface area (Å²) < 4.78 is 5.67. The normalized spacial score (nSPS) is 26.8. The Bertz CT molecular complexity index is 697. The van der Waals surface area contributed by atoms with E-state index < -0.39 is 6.29 Å². The van der Waals surface area contributed by atoms with Crippen LogP contribution >= 0.6 is 0 Å². The molecule has 0 spiro atoms. The van der Waals surface area contributed by atoms with E-state index in [0.29, 0.717) is 6.42 Å². The summed E-state index contributed by atoms with van der Waals surface area (Å²) in [6.07, 6.45) is 1.30. The molecule has 23 heavy (non-hydrogen) atoms. The van der Waals surface area contributed by atoms with Gasteiger partial charge in [-0.15, -0.1) is 6.58 Å². The lowest BCUT2D eigenvalue weighted by molar-refractivity contribution is -0.163. The average molecular weight is 304 g/mol. The second-order valence-corrected chi connectivity index (χ2v) is 5.71. The summed E-state index contributed by atoms with van der Waals surface area (Å²) in [7, 11) is 0. The lowest BCUT2D eigenvalue weighted by Gasteiger charge is -2.37. The second kappa shape index (κ2) is 7.28. The van der Waals surface area contributed by atoms with Gasteiger partial charge in [0.1, 0.15) is 6.10 Å². The molecule has 0 aromatic heterocycles. The fourth-order valence-electron chi connectivity index (χ4n) is 3.05. The maximum Gasteiger partial charge on any atom is 0.156 e. The molecule has 0 amide bonds. The molecule has 1 fully saturated rings. The smallest absolute Gasteiger partial charge is 0.156 e. The molecule has 1 aliphatic rings. The molecule has 1 heterocycles. The van der Waals surface area contributed by atoms with Gasteiger partial charge in [-0.25, -0.2) is 0 Å². The van der Waals surface area contributed by atoms with Crippen molar-refractivity contribution >= 4 is 0 Å². The minimum atomic E-state index is -0.800. The van der Waals surface area contributed by atoms with Crippen molar-refractivity contribution in [3.8, 4) is 11.8 Å². The Balaban J connectivity index is 1.87. The fraction of sp³-hybridized carbons (Fsp3) is 0.238. The molecule has 1 aliphatic heterocycles. The summed E-state index contributed by atoms with van der Waals surface area (Å²) >= 11 is 0. The summed E-state index contributed by atoms with van der Waals surface area (Å²) in [4.78, 5) is 0. The highest BCUT2D eigenvalue weighted by Crippen LogP contribution is 2.38. The number of hydrogen-bond donors (Lipinski definition) is 1. The van der Waals surface area contributed by atoms with Gasteiger partial charge in [0, 0.05) is 17.9 Å². The first-order valence-corrected chi connectivity index (χ1v) is 7.85. The number of ether oxygens (including phenoxy) is 1. The molecule has 4 atom stereocenters. The predicted octanol–water partition coefficient (Wildman–Crippen LogP) is 3.73. The van der Waals surface area contributed by atoms with Gasteiger partial charge in [0.2, 0.25) is 0 Å². The van der Waals surface area contributed by atoms with E-state index in [1.807, 2.05) is 54.6 Å². The van der Waals surface area contributed by atoms with E-state index in [9.17, 15) is 5.11 Å². The molecule has 0 aliphatic carbocycles. The van der Waals surface area contributed by atoms with Crippen LogP contribution in [0.5, 0.6) is 0 Å². The zero-order chi connectivity index (χ0) is 16.1. The maximum absolute atomic E-state index is 10.1. The SMILES string of the molecule is C=CC1C(C#Cc2ccccc2)OC(O)CC1c1ccccc1. The topological polar surface area (TPSA) is 29.5 Å². The standard InChI is InChI=1S/C21H20O2/c1-2-18-19(17-11-7-4-8-12-17)15-21(22)23-20(18)14-13-16-9-5-3-6-10-16/h2-12,18-22H,1,15H2. The van der Waals surface area contributed by atoms with Crippen molar-refractivity contribution in [3.05, 3.63) is 84.4 Å². The van der Waals surface area contributed by atoms with Crippen LogP contribution in [-0.4, -0.2) is 17.5 Å². The Morgan fingerprint density at radius 3 is 2.35 bits per heavy atom. The van der Waals surface area contributed by atoms with Crippen LogP contribution < -0.4 is 0 Å². The molecule has 2 aromatic rings. The summed E-state index contributed by atoms with van der Waals surface area (Å²) in [6.45, 7) is 3.96. The Hall–Kier alpha value is -2.34. The molecule has 2 aromatic carbocycles. The first kappa shape index (κ1) is 15.6. The third-order valence-electron chi connectivity index (χ3n) is 4.21. The molecule has 3 rings (SSSR count). The van der Waals surface area contributed by atoms with Crippen LogP contribution in [0, 0.1) is 17.8 Å². The van der Waals surface area contributed by atoms with Crippen molar-refractivity contribution in [2.75, 3.05) is 0 Å². The van der Waals surface area contributed by atoms with Gasteiger partial charge in [-0.2, -0.15) is 0 Å². The molecule has 2 nitrogen and oxygen atoms in total. The third-order valence-corrected chi connectivity index (χ3v) is 4.21. The van der Waals surface area contributed by atoms with Crippen LogP contribution in [0.3, 0.4) is 0 Å². The highest BCUT2D eigenvalue weighted by atomic mass is 16.6. The minimum absolute atomic E-state index is 0.0528. The number of rotatable bonds is 2. The van der Waals surface area contributed by atoms with E-state index in [-0.39, 0.29) is 17.9 Å². The van der Waals surface area contributed by atoms with Crippen molar-refractivity contribution in [3.63, 3.8) is 0 Å². The van der Waals surface area contributed by atoms with Gasteiger partial charge in [0.25, 0.3) is 0 Å². The van der Waals surface area contributed by atoms with Crippen molar-refractivity contribution in [2.24, 2.45) is 5.92 Å². The molecule has 0 saturated carbocycles. The zero-order valence-electron chi connectivity index (χ0n) is 12.9. The molecule has 0 bridgehead atoms. The molecule has 0 radical (unpaired) electrons. The number of aliphatic hydroxyl groups is 1. The van der Waals surface area contributed by atoms with Crippen molar-refractivity contribution < 1.29 is 9.84 Å². The van der Waals surface area contributed by atoms with E-state index >= 15 is 0 Å². The lowest BCUT2D eigenvalue weighted by atomic mass is 9.78. The quantitative estimate of drug-likeness (QED) is 0.676. The molecule has 116 valence electrons. The van der Waals surface area contributed by atoms with Gasteiger partial charge in [0.15, 0.2) is 6.29 Å². The Morgan fingerprint density at radius 1 is 1.04 bits per heavy atom. The summed E-state index contributed by atoms with van der Waals surface area (Å²) in [6, 6.07) is 20.0. The highest BCUT2D eigenvalue weighted by molar-refractivity contribution is 5.36. The van der Waals surface area contributed by atoms with E-state index in [0.717, 1.165) is 5.56 Å². The van der Waals surface area contributed by atoms with E-state index in [1.54, 1.807) is 0 Å². The zero-order valence-corrected chi connectivity index (χ0v) is 12.9. The van der Waals surface area contributed by atoms with Crippen LogP contribution in [0.1, 0.15) is 23.5 Å². The maximum atomic E-state index is 10.1. The molecule has 1 N–H and O–H groups in total. The summed E-state index contributed by atoms with van der Waals surface area (Å²) in [5.74, 6) is 6.52.